The van der Waals surface area contributed by atoms with Crippen LogP contribution in [-0.2, 0) is 6.54 Å². The van der Waals surface area contributed by atoms with Crippen molar-refractivity contribution in [2.45, 2.75) is 32.7 Å². The fourth-order valence-electron chi connectivity index (χ4n) is 4.05. The van der Waals surface area contributed by atoms with Gasteiger partial charge in [0.15, 0.2) is 0 Å². The molecule has 0 bridgehead atoms. The highest BCUT2D eigenvalue weighted by Gasteiger charge is 2.16. The first kappa shape index (κ1) is 20.8. The highest BCUT2D eigenvalue weighted by molar-refractivity contribution is 9.10. The van der Waals surface area contributed by atoms with Gasteiger partial charge in [-0.1, -0.05) is 58.7 Å². The number of halogens is 1. The van der Waals surface area contributed by atoms with Gasteiger partial charge in [0.25, 0.3) is 5.91 Å². The van der Waals surface area contributed by atoms with Crippen molar-refractivity contribution in [1.82, 2.24) is 4.90 Å². The quantitative estimate of drug-likeness (QED) is 0.459. The van der Waals surface area contributed by atoms with Gasteiger partial charge in [-0.05, 0) is 85.4 Å². The van der Waals surface area contributed by atoms with Crippen LogP contribution in [0.3, 0.4) is 0 Å². The van der Waals surface area contributed by atoms with E-state index in [1.807, 2.05) is 37.3 Å². The van der Waals surface area contributed by atoms with E-state index in [2.05, 4.69) is 62.5 Å². The monoisotopic (exact) mass is 462 g/mol. The Morgan fingerprint density at radius 1 is 0.967 bits per heavy atom. The Bertz CT molecular complexity index is 1030. The van der Waals surface area contributed by atoms with Crippen LogP contribution in [0, 0.1) is 6.92 Å². The molecule has 0 aliphatic carbocycles. The lowest BCUT2D eigenvalue weighted by molar-refractivity contribution is 0.102. The van der Waals surface area contributed by atoms with Crippen LogP contribution in [0.5, 0.6) is 0 Å². The van der Waals surface area contributed by atoms with Crippen molar-refractivity contribution in [1.29, 1.82) is 0 Å². The Kier molecular flexibility index (Phi) is 6.66. The van der Waals surface area contributed by atoms with Crippen LogP contribution in [0.4, 0.5) is 5.69 Å². The minimum absolute atomic E-state index is 0.0729. The third kappa shape index (κ3) is 5.00. The molecule has 0 saturated carbocycles. The Labute approximate surface area is 187 Å². The van der Waals surface area contributed by atoms with Gasteiger partial charge in [0.05, 0.1) is 0 Å². The average Bonchev–Trinajstić information content (AvgIpc) is 2.77. The smallest absolute Gasteiger partial charge is 0.255 e. The van der Waals surface area contributed by atoms with E-state index >= 15 is 0 Å². The van der Waals surface area contributed by atoms with Crippen LogP contribution in [0.25, 0.3) is 11.1 Å². The second-order valence-corrected chi connectivity index (χ2v) is 8.85. The topological polar surface area (TPSA) is 32.3 Å². The summed E-state index contributed by atoms with van der Waals surface area (Å²) in [6, 6.07) is 22.4. The molecule has 1 fully saturated rings. The minimum Gasteiger partial charge on any atom is -0.322 e. The number of likely N-dealkylation sites (tertiary alicyclic amines) is 1. The van der Waals surface area contributed by atoms with Crippen molar-refractivity contribution in [3.05, 3.63) is 87.9 Å². The number of carbonyl (C=O) groups excluding carboxylic acids is 1. The van der Waals surface area contributed by atoms with Crippen LogP contribution < -0.4 is 5.32 Å². The molecule has 0 spiro atoms. The standard InChI is InChI=1S/C26H27BrN2O/c1-19-16-23(11-13-25(19)27)28-26(30)21-10-12-24(20-8-4-2-5-9-20)22(17-21)18-29-14-6-3-7-15-29/h2,4-5,8-13,16-17H,3,6-7,14-15,18H2,1H3,(H,28,30). The van der Waals surface area contributed by atoms with Gasteiger partial charge >= 0.3 is 0 Å². The molecule has 3 aromatic carbocycles. The molecule has 1 N–H and O–H groups in total. The van der Waals surface area contributed by atoms with E-state index in [9.17, 15) is 4.79 Å². The summed E-state index contributed by atoms with van der Waals surface area (Å²) in [7, 11) is 0. The number of benzene rings is 3. The summed E-state index contributed by atoms with van der Waals surface area (Å²) in [6.07, 6.45) is 3.82. The van der Waals surface area contributed by atoms with Gasteiger partial charge in [0, 0.05) is 22.3 Å². The zero-order valence-electron chi connectivity index (χ0n) is 17.3. The Morgan fingerprint density at radius 2 is 1.73 bits per heavy atom. The average molecular weight is 463 g/mol. The number of rotatable bonds is 5. The van der Waals surface area contributed by atoms with Gasteiger partial charge in [0.2, 0.25) is 0 Å². The molecule has 154 valence electrons. The van der Waals surface area contributed by atoms with Crippen LogP contribution in [0.15, 0.2) is 71.2 Å². The molecular formula is C26H27BrN2O. The molecule has 3 aromatic rings. The predicted molar refractivity (Wildman–Crippen MR) is 128 cm³/mol. The van der Waals surface area contributed by atoms with Gasteiger partial charge in [-0.25, -0.2) is 0 Å². The lowest BCUT2D eigenvalue weighted by atomic mass is 9.96. The molecule has 3 nitrogen and oxygen atoms in total. The number of nitrogens with one attached hydrogen (secondary N) is 1. The maximum absolute atomic E-state index is 13.0. The second kappa shape index (κ2) is 9.59. The number of nitrogens with zero attached hydrogens (tertiary/aromatic N) is 1. The van der Waals surface area contributed by atoms with E-state index in [4.69, 9.17) is 0 Å². The maximum Gasteiger partial charge on any atom is 0.255 e. The van der Waals surface area contributed by atoms with E-state index in [1.54, 1.807) is 0 Å². The van der Waals surface area contributed by atoms with Crippen molar-refractivity contribution < 1.29 is 4.79 Å². The first-order valence-electron chi connectivity index (χ1n) is 10.6. The highest BCUT2D eigenvalue weighted by Crippen LogP contribution is 2.28. The van der Waals surface area contributed by atoms with Crippen LogP contribution in [0.2, 0.25) is 0 Å². The molecule has 1 heterocycles. The lowest BCUT2D eigenvalue weighted by Gasteiger charge is -2.27. The van der Waals surface area contributed by atoms with E-state index in [-0.39, 0.29) is 5.91 Å². The SMILES string of the molecule is Cc1cc(NC(=O)c2ccc(-c3ccccc3)c(CN3CCCCC3)c2)ccc1Br. The highest BCUT2D eigenvalue weighted by atomic mass is 79.9. The van der Waals surface area contributed by atoms with Crippen LogP contribution in [0.1, 0.15) is 40.7 Å². The minimum atomic E-state index is -0.0729. The normalized spacial score (nSPS) is 14.5. The van der Waals surface area contributed by atoms with Crippen LogP contribution in [-0.4, -0.2) is 23.9 Å². The number of piperidine rings is 1. The zero-order valence-corrected chi connectivity index (χ0v) is 18.9. The molecule has 1 amide bonds. The zero-order chi connectivity index (χ0) is 20.9. The fourth-order valence-corrected chi connectivity index (χ4v) is 4.30. The molecular weight excluding hydrogens is 436 g/mol. The summed E-state index contributed by atoms with van der Waals surface area (Å²) in [4.78, 5) is 15.5. The molecule has 1 saturated heterocycles. The molecule has 1 aliphatic rings. The number of aryl methyl sites for hydroxylation is 1. The van der Waals surface area contributed by atoms with Gasteiger partial charge in [0.1, 0.15) is 0 Å². The third-order valence-electron chi connectivity index (χ3n) is 5.71. The molecule has 4 heteroatoms. The van der Waals surface area contributed by atoms with Crippen molar-refractivity contribution in [2.24, 2.45) is 0 Å². The van der Waals surface area contributed by atoms with Crippen molar-refractivity contribution >= 4 is 27.5 Å². The summed E-state index contributed by atoms with van der Waals surface area (Å²) in [5.74, 6) is -0.0729. The van der Waals surface area contributed by atoms with E-state index < -0.39 is 0 Å². The fraction of sp³-hybridized carbons (Fsp3) is 0.269. The molecule has 0 unspecified atom stereocenters. The van der Waals surface area contributed by atoms with Crippen molar-refractivity contribution in [3.8, 4) is 11.1 Å². The number of anilines is 1. The summed E-state index contributed by atoms with van der Waals surface area (Å²) in [6.45, 7) is 5.15. The van der Waals surface area contributed by atoms with Gasteiger partial charge in [-0.15, -0.1) is 0 Å². The van der Waals surface area contributed by atoms with Crippen LogP contribution >= 0.6 is 15.9 Å². The van der Waals surface area contributed by atoms with Gasteiger partial charge < -0.3 is 5.32 Å². The summed E-state index contributed by atoms with van der Waals surface area (Å²) in [5.41, 5.74) is 6.21. The van der Waals surface area contributed by atoms with Gasteiger partial charge in [-0.2, -0.15) is 0 Å². The summed E-state index contributed by atoms with van der Waals surface area (Å²) < 4.78 is 1.04. The largest absolute Gasteiger partial charge is 0.322 e. The second-order valence-electron chi connectivity index (χ2n) is 7.99. The van der Waals surface area contributed by atoms with E-state index in [1.165, 1.54) is 36.0 Å². The summed E-state index contributed by atoms with van der Waals surface area (Å²) in [5, 5.41) is 3.04. The molecule has 0 aromatic heterocycles. The third-order valence-corrected chi connectivity index (χ3v) is 6.60. The van der Waals surface area contributed by atoms with Gasteiger partial charge in [-0.3, -0.25) is 9.69 Å². The molecule has 0 atom stereocenters. The molecule has 1 aliphatic heterocycles. The lowest BCUT2D eigenvalue weighted by Crippen LogP contribution is -2.29. The number of hydrogen-bond acceptors (Lipinski definition) is 2. The number of hydrogen-bond donors (Lipinski definition) is 1. The first-order valence-corrected chi connectivity index (χ1v) is 11.4. The van der Waals surface area contributed by atoms with Crippen molar-refractivity contribution in [3.63, 3.8) is 0 Å². The number of carbonyl (C=O) groups is 1. The maximum atomic E-state index is 13.0. The molecule has 0 radical (unpaired) electrons. The van der Waals surface area contributed by atoms with Crippen molar-refractivity contribution in [2.75, 3.05) is 18.4 Å². The molecule has 4 rings (SSSR count). The van der Waals surface area contributed by atoms with E-state index in [0.29, 0.717) is 5.56 Å². The first-order chi connectivity index (χ1) is 14.6. The number of amides is 1. The summed E-state index contributed by atoms with van der Waals surface area (Å²) >= 11 is 3.51. The molecule has 30 heavy (non-hydrogen) atoms. The Morgan fingerprint density at radius 3 is 2.47 bits per heavy atom. The Balaban J connectivity index is 1.62. The predicted octanol–water partition coefficient (Wildman–Crippen LogP) is 6.66. The Hall–Kier alpha value is -2.43. The van der Waals surface area contributed by atoms with E-state index in [0.717, 1.165) is 35.4 Å².